The normalized spacial score (nSPS) is 29.6. The van der Waals surface area contributed by atoms with Crippen LogP contribution in [0.3, 0.4) is 0 Å². The van der Waals surface area contributed by atoms with Gasteiger partial charge in [0.25, 0.3) is 0 Å². The predicted octanol–water partition coefficient (Wildman–Crippen LogP) is 1.74. The first-order valence-electron chi connectivity index (χ1n) is 8.51. The van der Waals surface area contributed by atoms with Crippen LogP contribution in [0.5, 0.6) is 0 Å². The molecule has 0 bridgehead atoms. The maximum atomic E-state index is 12.5. The van der Waals surface area contributed by atoms with Crippen molar-refractivity contribution in [3.05, 3.63) is 35.0 Å². The highest BCUT2D eigenvalue weighted by atomic mass is 32.1. The van der Waals surface area contributed by atoms with Crippen LogP contribution < -0.4 is 0 Å². The van der Waals surface area contributed by atoms with Gasteiger partial charge in [-0.25, -0.2) is 9.67 Å². The van der Waals surface area contributed by atoms with Crippen molar-refractivity contribution in [2.45, 2.75) is 37.8 Å². The first kappa shape index (κ1) is 15.8. The number of thiophene rings is 1. The smallest absolute Gasteiger partial charge is 0.222 e. The molecule has 3 heterocycles. The molecule has 1 aliphatic heterocycles. The van der Waals surface area contributed by atoms with E-state index in [1.54, 1.807) is 22.3 Å². The maximum Gasteiger partial charge on any atom is 0.222 e. The molecule has 0 spiro atoms. The standard InChI is InChI=1S/C17H22N4O2S/c22-16-6-14-8-20(17(23)2-1-12-3-4-24-9-12)7-13(14)5-15(16)21-11-18-10-19-21/h3-4,9-11,13-16,22H,1-2,5-8H2/t13-,14+,15-,16-/m1/s1. The lowest BCUT2D eigenvalue weighted by Crippen LogP contribution is -2.36. The minimum Gasteiger partial charge on any atom is -0.391 e. The molecular formula is C17H22N4O2S. The van der Waals surface area contributed by atoms with Gasteiger partial charge >= 0.3 is 0 Å². The molecule has 1 N–H and O–H groups in total. The van der Waals surface area contributed by atoms with E-state index in [2.05, 4.69) is 26.9 Å². The highest BCUT2D eigenvalue weighted by molar-refractivity contribution is 7.07. The van der Waals surface area contributed by atoms with Crippen molar-refractivity contribution in [3.63, 3.8) is 0 Å². The van der Waals surface area contributed by atoms with Gasteiger partial charge in [-0.1, -0.05) is 0 Å². The number of likely N-dealkylation sites (tertiary alicyclic amines) is 1. The number of hydrogen-bond donors (Lipinski definition) is 1. The molecule has 0 radical (unpaired) electrons. The van der Waals surface area contributed by atoms with Gasteiger partial charge in [0.2, 0.25) is 5.91 Å². The zero-order chi connectivity index (χ0) is 16.5. The first-order valence-corrected chi connectivity index (χ1v) is 9.46. The lowest BCUT2D eigenvalue weighted by molar-refractivity contribution is -0.130. The van der Waals surface area contributed by atoms with Crippen molar-refractivity contribution >= 4 is 17.2 Å². The van der Waals surface area contributed by atoms with Gasteiger partial charge < -0.3 is 10.0 Å². The minimum atomic E-state index is -0.409. The number of aromatic nitrogens is 3. The summed E-state index contributed by atoms with van der Waals surface area (Å²) in [6, 6.07) is 2.07. The van der Waals surface area contributed by atoms with Crippen molar-refractivity contribution < 1.29 is 9.90 Å². The third kappa shape index (κ3) is 3.10. The summed E-state index contributed by atoms with van der Waals surface area (Å²) in [5.74, 6) is 1.10. The lowest BCUT2D eigenvalue weighted by atomic mass is 9.77. The Morgan fingerprint density at radius 1 is 1.33 bits per heavy atom. The van der Waals surface area contributed by atoms with Gasteiger partial charge in [0.05, 0.1) is 12.1 Å². The number of fused-ring (bicyclic) bond motifs is 1. The Morgan fingerprint density at radius 2 is 2.17 bits per heavy atom. The molecule has 128 valence electrons. The van der Waals surface area contributed by atoms with E-state index in [1.165, 1.54) is 11.9 Å². The van der Waals surface area contributed by atoms with E-state index in [0.717, 1.165) is 32.4 Å². The molecule has 2 aromatic rings. The summed E-state index contributed by atoms with van der Waals surface area (Å²) in [5.41, 5.74) is 1.24. The van der Waals surface area contributed by atoms with Gasteiger partial charge in [0.15, 0.2) is 0 Å². The summed E-state index contributed by atoms with van der Waals surface area (Å²) in [5, 5.41) is 18.8. The average Bonchev–Trinajstić information content (AvgIpc) is 3.31. The van der Waals surface area contributed by atoms with Crippen LogP contribution in [0.1, 0.15) is 30.9 Å². The number of hydrogen-bond acceptors (Lipinski definition) is 5. The Hall–Kier alpha value is -1.73. The minimum absolute atomic E-state index is 0.0189. The van der Waals surface area contributed by atoms with Crippen molar-refractivity contribution in [2.75, 3.05) is 13.1 Å². The number of carbonyl (C=O) groups excluding carboxylic acids is 1. The third-order valence-corrected chi connectivity index (χ3v) is 6.18. The second-order valence-electron chi connectivity index (χ2n) is 6.93. The summed E-state index contributed by atoms with van der Waals surface area (Å²) in [6.07, 6.45) is 5.77. The van der Waals surface area contributed by atoms with E-state index in [9.17, 15) is 9.90 Å². The van der Waals surface area contributed by atoms with Gasteiger partial charge in [-0.3, -0.25) is 4.79 Å². The van der Waals surface area contributed by atoms with Crippen LogP contribution in [0.4, 0.5) is 0 Å². The second-order valence-corrected chi connectivity index (χ2v) is 7.71. The Bertz CT molecular complexity index is 673. The van der Waals surface area contributed by atoms with Crippen LogP contribution in [0.2, 0.25) is 0 Å². The van der Waals surface area contributed by atoms with Crippen molar-refractivity contribution in [1.29, 1.82) is 0 Å². The molecule has 0 unspecified atom stereocenters. The van der Waals surface area contributed by atoms with Crippen LogP contribution in [0.25, 0.3) is 0 Å². The summed E-state index contributed by atoms with van der Waals surface area (Å²) in [6.45, 7) is 1.60. The molecule has 4 rings (SSSR count). The largest absolute Gasteiger partial charge is 0.391 e. The maximum absolute atomic E-state index is 12.5. The molecule has 7 heteroatoms. The zero-order valence-corrected chi connectivity index (χ0v) is 14.3. The molecule has 1 saturated carbocycles. The summed E-state index contributed by atoms with van der Waals surface area (Å²) < 4.78 is 1.77. The predicted molar refractivity (Wildman–Crippen MR) is 90.5 cm³/mol. The van der Waals surface area contributed by atoms with Crippen LogP contribution in [0, 0.1) is 11.8 Å². The number of rotatable bonds is 4. The van der Waals surface area contributed by atoms with E-state index < -0.39 is 6.10 Å². The average molecular weight is 346 g/mol. The van der Waals surface area contributed by atoms with Gasteiger partial charge in [0, 0.05) is 19.5 Å². The molecule has 1 amide bonds. The molecule has 6 nitrogen and oxygen atoms in total. The number of aliphatic hydroxyl groups is 1. The fourth-order valence-electron chi connectivity index (χ4n) is 4.13. The fraction of sp³-hybridized carbons (Fsp3) is 0.588. The van der Waals surface area contributed by atoms with Crippen LogP contribution in [0.15, 0.2) is 29.5 Å². The first-order chi connectivity index (χ1) is 11.7. The van der Waals surface area contributed by atoms with E-state index in [4.69, 9.17) is 0 Å². The SMILES string of the molecule is O=C(CCc1ccsc1)N1C[C@H]2C[C@@H](n3cncn3)[C@H](O)C[C@H]2C1. The highest BCUT2D eigenvalue weighted by Crippen LogP contribution is 2.41. The van der Waals surface area contributed by atoms with E-state index in [0.29, 0.717) is 18.3 Å². The van der Waals surface area contributed by atoms with E-state index >= 15 is 0 Å². The molecular weight excluding hydrogens is 324 g/mol. The number of amides is 1. The topological polar surface area (TPSA) is 71.2 Å². The lowest BCUT2D eigenvalue weighted by Gasteiger charge is -2.34. The number of aryl methyl sites for hydroxylation is 1. The van der Waals surface area contributed by atoms with Gasteiger partial charge in [-0.15, -0.1) is 0 Å². The van der Waals surface area contributed by atoms with Gasteiger partial charge in [-0.2, -0.15) is 16.4 Å². The van der Waals surface area contributed by atoms with E-state index in [1.807, 2.05) is 4.90 Å². The highest BCUT2D eigenvalue weighted by Gasteiger charge is 2.43. The molecule has 1 aliphatic carbocycles. The van der Waals surface area contributed by atoms with Crippen LogP contribution in [-0.2, 0) is 11.2 Å². The van der Waals surface area contributed by atoms with Gasteiger partial charge in [-0.05, 0) is 53.5 Å². The van der Waals surface area contributed by atoms with Gasteiger partial charge in [0.1, 0.15) is 12.7 Å². The summed E-state index contributed by atoms with van der Waals surface area (Å²) in [4.78, 5) is 18.5. The monoisotopic (exact) mass is 346 g/mol. The van der Waals surface area contributed by atoms with Crippen molar-refractivity contribution in [1.82, 2.24) is 19.7 Å². The van der Waals surface area contributed by atoms with Crippen LogP contribution >= 0.6 is 11.3 Å². The van der Waals surface area contributed by atoms with E-state index in [-0.39, 0.29) is 11.9 Å². The number of carbonyl (C=O) groups is 1. The quantitative estimate of drug-likeness (QED) is 0.915. The fourth-order valence-corrected chi connectivity index (χ4v) is 4.83. The summed E-state index contributed by atoms with van der Waals surface area (Å²) in [7, 11) is 0. The van der Waals surface area contributed by atoms with Crippen LogP contribution in [-0.4, -0.2) is 49.9 Å². The van der Waals surface area contributed by atoms with Crippen molar-refractivity contribution in [2.24, 2.45) is 11.8 Å². The summed E-state index contributed by atoms with van der Waals surface area (Å²) >= 11 is 1.67. The molecule has 2 aliphatic rings. The second kappa shape index (κ2) is 6.64. The molecule has 2 fully saturated rings. The Morgan fingerprint density at radius 3 is 2.88 bits per heavy atom. The molecule has 4 atom stereocenters. The Kier molecular flexibility index (Phi) is 4.37. The molecule has 1 saturated heterocycles. The molecule has 2 aromatic heterocycles. The Balaban J connectivity index is 1.36. The Labute approximate surface area is 145 Å². The number of aliphatic hydroxyl groups excluding tert-OH is 1. The third-order valence-electron chi connectivity index (χ3n) is 5.45. The zero-order valence-electron chi connectivity index (χ0n) is 13.5. The van der Waals surface area contributed by atoms with Crippen molar-refractivity contribution in [3.8, 4) is 0 Å². The molecule has 0 aromatic carbocycles. The molecule has 24 heavy (non-hydrogen) atoms. The number of nitrogens with zero attached hydrogens (tertiary/aromatic N) is 4.